The minimum absolute atomic E-state index is 0.185. The first kappa shape index (κ1) is 23.9. The lowest BCUT2D eigenvalue weighted by Crippen LogP contribution is -2.44. The molecule has 6 rings (SSSR count). The number of fused-ring (bicyclic) bond motifs is 7. The van der Waals surface area contributed by atoms with Gasteiger partial charge in [0, 0.05) is 25.2 Å². The predicted molar refractivity (Wildman–Crippen MR) is 147 cm³/mol. The molecule has 6 nitrogen and oxygen atoms in total. The highest BCUT2D eigenvalue weighted by atomic mass is 16.5. The third kappa shape index (κ3) is 3.95. The lowest BCUT2D eigenvalue weighted by atomic mass is 9.81. The van der Waals surface area contributed by atoms with Crippen LogP contribution in [0.1, 0.15) is 35.6 Å². The average Bonchev–Trinajstić information content (AvgIpc) is 3.43. The van der Waals surface area contributed by atoms with Crippen LogP contribution in [-0.4, -0.2) is 45.9 Å². The summed E-state index contributed by atoms with van der Waals surface area (Å²) in [6.07, 6.45) is 2.40. The zero-order valence-corrected chi connectivity index (χ0v) is 22.0. The molecule has 2 atom stereocenters. The van der Waals surface area contributed by atoms with Crippen LogP contribution in [-0.2, 0) is 13.1 Å². The Morgan fingerprint density at radius 3 is 1.95 bits per heavy atom. The summed E-state index contributed by atoms with van der Waals surface area (Å²) in [5.41, 5.74) is 3.99. The van der Waals surface area contributed by atoms with Crippen LogP contribution in [0.3, 0.4) is 0 Å². The number of nitrogens with one attached hydrogen (secondary N) is 1. The fourth-order valence-electron chi connectivity index (χ4n) is 6.39. The highest BCUT2D eigenvalue weighted by Crippen LogP contribution is 2.49. The molecule has 0 bridgehead atoms. The molecular weight excluding hydrogens is 464 g/mol. The molecule has 0 aliphatic carbocycles. The van der Waals surface area contributed by atoms with Crippen molar-refractivity contribution >= 4 is 21.5 Å². The number of hydrogen-bond donors (Lipinski definition) is 1. The van der Waals surface area contributed by atoms with E-state index in [1.165, 1.54) is 40.3 Å². The molecule has 37 heavy (non-hydrogen) atoms. The molecule has 1 N–H and O–H groups in total. The maximum Gasteiger partial charge on any atom is 0.161 e. The van der Waals surface area contributed by atoms with Crippen molar-refractivity contribution in [2.45, 2.75) is 38.0 Å². The fraction of sp³-hybridized carbons (Fsp3) is 0.355. The number of methoxy groups -OCH3 is 4. The van der Waals surface area contributed by atoms with Crippen molar-refractivity contribution in [3.8, 4) is 23.0 Å². The van der Waals surface area contributed by atoms with E-state index in [0.29, 0.717) is 6.04 Å². The molecule has 0 radical (unpaired) electrons. The van der Waals surface area contributed by atoms with Gasteiger partial charge in [-0.1, -0.05) is 30.3 Å². The number of ether oxygens (including phenoxy) is 4. The molecule has 6 heteroatoms. The molecule has 0 saturated carbocycles. The third-order valence-electron chi connectivity index (χ3n) is 8.12. The van der Waals surface area contributed by atoms with E-state index >= 15 is 0 Å². The lowest BCUT2D eigenvalue weighted by Gasteiger charge is -2.40. The monoisotopic (exact) mass is 498 g/mol. The van der Waals surface area contributed by atoms with Crippen molar-refractivity contribution in [3.05, 3.63) is 71.3 Å². The zero-order valence-electron chi connectivity index (χ0n) is 22.0. The van der Waals surface area contributed by atoms with Crippen LogP contribution in [0.5, 0.6) is 23.0 Å². The molecule has 192 valence electrons. The van der Waals surface area contributed by atoms with Gasteiger partial charge in [-0.05, 0) is 81.9 Å². The first-order valence-corrected chi connectivity index (χ1v) is 12.9. The Morgan fingerprint density at radius 1 is 0.757 bits per heavy atom. The normalized spacial score (nSPS) is 19.0. The van der Waals surface area contributed by atoms with Gasteiger partial charge >= 0.3 is 0 Å². The molecule has 2 heterocycles. The van der Waals surface area contributed by atoms with Crippen molar-refractivity contribution in [1.29, 1.82) is 0 Å². The van der Waals surface area contributed by atoms with Crippen molar-refractivity contribution in [1.82, 2.24) is 10.2 Å². The van der Waals surface area contributed by atoms with Gasteiger partial charge in [-0.25, -0.2) is 0 Å². The zero-order chi connectivity index (χ0) is 25.5. The number of rotatable bonds is 7. The van der Waals surface area contributed by atoms with E-state index in [1.807, 2.05) is 0 Å². The Labute approximate surface area is 218 Å². The average molecular weight is 499 g/mol. The summed E-state index contributed by atoms with van der Waals surface area (Å²) in [4.78, 5) is 2.65. The Bertz CT molecular complexity index is 1450. The fourth-order valence-corrected chi connectivity index (χ4v) is 6.39. The second kappa shape index (κ2) is 9.77. The summed E-state index contributed by atoms with van der Waals surface area (Å²) in [7, 11) is 6.78. The number of benzene rings is 4. The highest BCUT2D eigenvalue weighted by molar-refractivity contribution is 6.13. The van der Waals surface area contributed by atoms with E-state index in [4.69, 9.17) is 18.9 Å². The van der Waals surface area contributed by atoms with E-state index in [0.717, 1.165) is 53.4 Å². The second-order valence-corrected chi connectivity index (χ2v) is 9.92. The van der Waals surface area contributed by atoms with Crippen LogP contribution in [0.15, 0.2) is 54.6 Å². The van der Waals surface area contributed by atoms with E-state index in [1.54, 1.807) is 28.4 Å². The molecule has 2 aliphatic heterocycles. The Morgan fingerprint density at radius 2 is 1.32 bits per heavy atom. The molecule has 0 spiro atoms. The van der Waals surface area contributed by atoms with Crippen molar-refractivity contribution in [3.63, 3.8) is 0 Å². The number of hydrogen-bond acceptors (Lipinski definition) is 6. The minimum atomic E-state index is 0.185. The number of nitrogens with zero attached hydrogens (tertiary/aromatic N) is 1. The first-order valence-electron chi connectivity index (χ1n) is 12.9. The smallest absolute Gasteiger partial charge is 0.161 e. The molecule has 1 fully saturated rings. The summed E-state index contributed by atoms with van der Waals surface area (Å²) in [6.45, 7) is 2.85. The summed E-state index contributed by atoms with van der Waals surface area (Å²) in [6, 6.07) is 19.8. The quantitative estimate of drug-likeness (QED) is 0.323. The van der Waals surface area contributed by atoms with Gasteiger partial charge in [0.2, 0.25) is 0 Å². The van der Waals surface area contributed by atoms with Gasteiger partial charge < -0.3 is 24.3 Å². The SMILES string of the molecule is COc1cc2c3c(c4cc(OC)c(OC)cc4c2cc1OC)[C@H](NCc1ccccc1)[C@H]1CCCN1C3. The topological polar surface area (TPSA) is 52.2 Å². The summed E-state index contributed by atoms with van der Waals surface area (Å²) >= 11 is 0. The van der Waals surface area contributed by atoms with Gasteiger partial charge in [0.05, 0.1) is 28.4 Å². The van der Waals surface area contributed by atoms with Crippen LogP contribution in [0, 0.1) is 0 Å². The van der Waals surface area contributed by atoms with Crippen LogP contribution < -0.4 is 24.3 Å². The van der Waals surface area contributed by atoms with Crippen molar-refractivity contribution < 1.29 is 18.9 Å². The minimum Gasteiger partial charge on any atom is -0.493 e. The summed E-state index contributed by atoms with van der Waals surface area (Å²) in [5, 5.41) is 8.63. The Kier molecular flexibility index (Phi) is 6.31. The van der Waals surface area contributed by atoms with E-state index in [2.05, 4.69) is 64.8 Å². The Balaban J connectivity index is 1.65. The van der Waals surface area contributed by atoms with Crippen LogP contribution in [0.4, 0.5) is 0 Å². The third-order valence-corrected chi connectivity index (χ3v) is 8.12. The molecule has 0 aromatic heterocycles. The predicted octanol–water partition coefficient (Wildman–Crippen LogP) is 5.84. The highest BCUT2D eigenvalue weighted by Gasteiger charge is 2.40. The van der Waals surface area contributed by atoms with Crippen LogP contribution in [0.2, 0.25) is 0 Å². The molecule has 4 aromatic carbocycles. The standard InChI is InChI=1S/C31H34N2O4/c1-34-26-13-20-21-14-27(35-2)29(37-4)16-23(21)30-24(22(20)15-28(26)36-3)18-33-12-8-11-25(33)31(30)32-17-19-9-6-5-7-10-19/h5-7,9-10,13-16,25,31-32H,8,11-12,17-18H2,1-4H3/t25-,31-/m1/s1. The summed E-state index contributed by atoms with van der Waals surface area (Å²) in [5.74, 6) is 2.93. The van der Waals surface area contributed by atoms with Gasteiger partial charge in [-0.2, -0.15) is 0 Å². The maximum atomic E-state index is 5.78. The maximum absolute atomic E-state index is 5.78. The molecular formula is C31H34N2O4. The van der Waals surface area contributed by atoms with Crippen LogP contribution >= 0.6 is 0 Å². The van der Waals surface area contributed by atoms with Gasteiger partial charge in [0.15, 0.2) is 23.0 Å². The van der Waals surface area contributed by atoms with Gasteiger partial charge in [0.1, 0.15) is 0 Å². The molecule has 4 aromatic rings. The Hall–Kier alpha value is -3.48. The largest absolute Gasteiger partial charge is 0.493 e. The lowest BCUT2D eigenvalue weighted by molar-refractivity contribution is 0.179. The molecule has 0 unspecified atom stereocenters. The molecule has 1 saturated heterocycles. The van der Waals surface area contributed by atoms with Crippen molar-refractivity contribution in [2.24, 2.45) is 0 Å². The van der Waals surface area contributed by atoms with E-state index in [-0.39, 0.29) is 6.04 Å². The van der Waals surface area contributed by atoms with Gasteiger partial charge in [-0.3, -0.25) is 4.90 Å². The molecule has 2 aliphatic rings. The van der Waals surface area contributed by atoms with Crippen LogP contribution in [0.25, 0.3) is 21.5 Å². The summed E-state index contributed by atoms with van der Waals surface area (Å²) < 4.78 is 23.0. The molecule has 0 amide bonds. The van der Waals surface area contributed by atoms with E-state index < -0.39 is 0 Å². The van der Waals surface area contributed by atoms with Gasteiger partial charge in [-0.15, -0.1) is 0 Å². The van der Waals surface area contributed by atoms with Gasteiger partial charge in [0.25, 0.3) is 0 Å². The second-order valence-electron chi connectivity index (χ2n) is 9.92. The van der Waals surface area contributed by atoms with E-state index in [9.17, 15) is 0 Å². The first-order chi connectivity index (χ1) is 18.2. The van der Waals surface area contributed by atoms with Crippen molar-refractivity contribution in [2.75, 3.05) is 35.0 Å².